The van der Waals surface area contributed by atoms with Crippen molar-refractivity contribution >= 4 is 5.91 Å². The second-order valence-electron chi connectivity index (χ2n) is 6.83. The minimum Gasteiger partial charge on any atom is -0.340 e. The quantitative estimate of drug-likeness (QED) is 0.420. The van der Waals surface area contributed by atoms with Crippen molar-refractivity contribution in [1.82, 2.24) is 10.3 Å². The zero-order valence-electron chi connectivity index (χ0n) is 18.1. The van der Waals surface area contributed by atoms with Gasteiger partial charge in [0.05, 0.1) is 22.9 Å². The third-order valence-corrected chi connectivity index (χ3v) is 4.58. The number of carbonyl (C=O) groups excluding carboxylic acids is 1. The van der Waals surface area contributed by atoms with Crippen LogP contribution in [0.15, 0.2) is 66.9 Å². The predicted octanol–water partition coefficient (Wildman–Crippen LogP) is 6.97. The molecule has 1 N–H and O–H groups in total. The van der Waals surface area contributed by atoms with Gasteiger partial charge >= 0.3 is 12.4 Å². The van der Waals surface area contributed by atoms with Crippen LogP contribution < -0.4 is 5.32 Å². The summed E-state index contributed by atoms with van der Waals surface area (Å²) in [6.07, 6.45) is -8.26. The molecule has 3 aromatic rings. The number of rotatable bonds is 4. The fourth-order valence-electron chi connectivity index (χ4n) is 2.98. The van der Waals surface area contributed by atoms with Crippen molar-refractivity contribution in [3.05, 3.63) is 100 Å². The summed E-state index contributed by atoms with van der Waals surface area (Å²) in [7, 11) is 0. The second kappa shape index (κ2) is 10.5. The van der Waals surface area contributed by atoms with Crippen molar-refractivity contribution < 1.29 is 31.1 Å². The van der Waals surface area contributed by atoms with E-state index in [-0.39, 0.29) is 11.1 Å². The van der Waals surface area contributed by atoms with Gasteiger partial charge in [-0.15, -0.1) is 0 Å². The number of amides is 1. The van der Waals surface area contributed by atoms with Crippen molar-refractivity contribution in [3.63, 3.8) is 0 Å². The van der Waals surface area contributed by atoms with Gasteiger partial charge in [-0.3, -0.25) is 9.78 Å². The Labute approximate surface area is 187 Å². The molecule has 1 amide bonds. The number of pyridine rings is 1. The van der Waals surface area contributed by atoms with Crippen LogP contribution >= 0.6 is 0 Å². The third-order valence-electron chi connectivity index (χ3n) is 4.58. The third kappa shape index (κ3) is 6.57. The Morgan fingerprint density at radius 1 is 0.848 bits per heavy atom. The van der Waals surface area contributed by atoms with E-state index >= 15 is 0 Å². The second-order valence-corrected chi connectivity index (χ2v) is 6.83. The molecule has 0 bridgehead atoms. The van der Waals surface area contributed by atoms with Crippen LogP contribution in [0.2, 0.25) is 0 Å². The molecule has 0 aliphatic carbocycles. The Balaban J connectivity index is 0.00000187. The molecule has 1 unspecified atom stereocenters. The van der Waals surface area contributed by atoms with Crippen molar-refractivity contribution in [2.75, 3.05) is 0 Å². The topological polar surface area (TPSA) is 42.0 Å². The van der Waals surface area contributed by atoms with Gasteiger partial charge in [-0.2, -0.15) is 26.3 Å². The molecule has 0 saturated carbocycles. The number of alkyl halides is 6. The highest BCUT2D eigenvalue weighted by molar-refractivity contribution is 5.94. The summed E-state index contributed by atoms with van der Waals surface area (Å²) >= 11 is 0. The highest BCUT2D eigenvalue weighted by Gasteiger charge is 2.37. The normalized spacial score (nSPS) is 12.4. The van der Waals surface area contributed by atoms with Crippen LogP contribution in [0, 0.1) is 6.92 Å². The summed E-state index contributed by atoms with van der Waals surface area (Å²) in [5, 5.41) is 2.47. The van der Waals surface area contributed by atoms with E-state index in [0.717, 1.165) is 48.2 Å². The Hall–Kier alpha value is -3.36. The Bertz CT molecular complexity index is 1060. The number of halogens is 6. The molecule has 0 radical (unpaired) electrons. The molecular formula is C24H22F6N2O. The minimum absolute atomic E-state index is 0.0256. The number of aromatic nitrogens is 1. The van der Waals surface area contributed by atoms with Gasteiger partial charge in [0.25, 0.3) is 5.91 Å². The average Bonchev–Trinajstić information content (AvgIpc) is 2.78. The number of nitrogens with zero attached hydrogens (tertiary/aromatic N) is 1. The summed E-state index contributed by atoms with van der Waals surface area (Å²) in [5.41, 5.74) is -1.49. The van der Waals surface area contributed by atoms with Crippen LogP contribution in [0.3, 0.4) is 0 Å². The highest BCUT2D eigenvalue weighted by atomic mass is 19.4. The van der Waals surface area contributed by atoms with Gasteiger partial charge in [-0.1, -0.05) is 43.7 Å². The Kier molecular flexibility index (Phi) is 8.24. The van der Waals surface area contributed by atoms with E-state index < -0.39 is 41.1 Å². The van der Waals surface area contributed by atoms with E-state index in [4.69, 9.17) is 0 Å². The lowest BCUT2D eigenvalue weighted by molar-refractivity contribution is -0.139. The maximum atomic E-state index is 13.5. The molecule has 0 aliphatic heterocycles. The Morgan fingerprint density at radius 3 is 1.94 bits per heavy atom. The SMILES string of the molecule is CC.Cc1ccc(C(=O)NC(c2ccc(C(F)(F)F)cc2)c2ncccc2C(F)(F)F)cc1. The number of aryl methyl sites for hydroxylation is 1. The molecular weight excluding hydrogens is 446 g/mol. The van der Waals surface area contributed by atoms with Crippen LogP contribution in [0.5, 0.6) is 0 Å². The fourth-order valence-corrected chi connectivity index (χ4v) is 2.98. The largest absolute Gasteiger partial charge is 0.418 e. The van der Waals surface area contributed by atoms with Gasteiger partial charge in [0.15, 0.2) is 0 Å². The monoisotopic (exact) mass is 468 g/mol. The maximum Gasteiger partial charge on any atom is 0.418 e. The molecule has 1 aromatic heterocycles. The molecule has 0 saturated heterocycles. The molecule has 3 nitrogen and oxygen atoms in total. The number of carbonyl (C=O) groups is 1. The molecule has 33 heavy (non-hydrogen) atoms. The van der Waals surface area contributed by atoms with Crippen LogP contribution in [0.25, 0.3) is 0 Å². The standard InChI is InChI=1S/C22H16F6N2O.C2H6/c1-13-4-6-15(7-5-13)20(31)30-18(14-8-10-16(11-9-14)21(23,24)25)19-17(22(26,27)28)3-2-12-29-19;1-2/h2-12,18H,1H3,(H,30,31);1-2H3. The van der Waals surface area contributed by atoms with E-state index in [0.29, 0.717) is 0 Å². The van der Waals surface area contributed by atoms with Crippen LogP contribution in [-0.4, -0.2) is 10.9 Å². The number of nitrogens with one attached hydrogen (secondary N) is 1. The van der Waals surface area contributed by atoms with Gasteiger partial charge in [0.1, 0.15) is 0 Å². The zero-order chi connectivity index (χ0) is 24.8. The summed E-state index contributed by atoms with van der Waals surface area (Å²) in [6, 6.07) is 10.3. The first-order valence-corrected chi connectivity index (χ1v) is 10.0. The molecule has 2 aromatic carbocycles. The Morgan fingerprint density at radius 2 is 1.42 bits per heavy atom. The minimum atomic E-state index is -4.78. The van der Waals surface area contributed by atoms with E-state index in [2.05, 4.69) is 10.3 Å². The lowest BCUT2D eigenvalue weighted by atomic mass is 9.97. The fraction of sp³-hybridized carbons (Fsp3) is 0.250. The van der Waals surface area contributed by atoms with E-state index in [1.807, 2.05) is 13.8 Å². The van der Waals surface area contributed by atoms with Crippen molar-refractivity contribution in [1.29, 1.82) is 0 Å². The first-order valence-electron chi connectivity index (χ1n) is 10.0. The van der Waals surface area contributed by atoms with Crippen LogP contribution in [0.4, 0.5) is 26.3 Å². The highest BCUT2D eigenvalue weighted by Crippen LogP contribution is 2.36. The molecule has 1 heterocycles. The number of benzene rings is 2. The summed E-state index contributed by atoms with van der Waals surface area (Å²) < 4.78 is 79.3. The summed E-state index contributed by atoms with van der Waals surface area (Å²) in [5.74, 6) is -0.691. The van der Waals surface area contributed by atoms with Gasteiger partial charge in [0, 0.05) is 11.8 Å². The average molecular weight is 468 g/mol. The first kappa shape index (κ1) is 25.9. The molecule has 9 heteroatoms. The maximum absolute atomic E-state index is 13.5. The van der Waals surface area contributed by atoms with Crippen LogP contribution in [-0.2, 0) is 12.4 Å². The van der Waals surface area contributed by atoms with Crippen molar-refractivity contribution in [2.24, 2.45) is 0 Å². The van der Waals surface area contributed by atoms with Gasteiger partial charge in [-0.05, 0) is 48.9 Å². The lowest BCUT2D eigenvalue weighted by Gasteiger charge is -2.23. The molecule has 0 aliphatic rings. The molecule has 0 spiro atoms. The van der Waals surface area contributed by atoms with Gasteiger partial charge < -0.3 is 5.32 Å². The van der Waals surface area contributed by atoms with E-state index in [1.54, 1.807) is 19.1 Å². The van der Waals surface area contributed by atoms with Crippen LogP contribution in [0.1, 0.15) is 58.2 Å². The van der Waals surface area contributed by atoms with E-state index in [1.165, 1.54) is 12.1 Å². The van der Waals surface area contributed by atoms with E-state index in [9.17, 15) is 31.1 Å². The first-order chi connectivity index (χ1) is 15.5. The smallest absolute Gasteiger partial charge is 0.340 e. The van der Waals surface area contributed by atoms with Crippen molar-refractivity contribution in [3.8, 4) is 0 Å². The molecule has 176 valence electrons. The van der Waals surface area contributed by atoms with Gasteiger partial charge in [0.2, 0.25) is 0 Å². The predicted molar refractivity (Wildman–Crippen MR) is 113 cm³/mol. The summed E-state index contributed by atoms with van der Waals surface area (Å²) in [4.78, 5) is 16.5. The molecule has 3 rings (SSSR count). The van der Waals surface area contributed by atoms with Gasteiger partial charge in [-0.25, -0.2) is 0 Å². The number of hydrogen-bond donors (Lipinski definition) is 1. The van der Waals surface area contributed by atoms with Crippen molar-refractivity contribution in [2.45, 2.75) is 39.2 Å². The lowest BCUT2D eigenvalue weighted by Crippen LogP contribution is -2.31. The zero-order valence-corrected chi connectivity index (χ0v) is 18.1. The molecule has 0 fully saturated rings. The summed E-state index contributed by atoms with van der Waals surface area (Å²) in [6.45, 7) is 5.80. The molecule has 1 atom stereocenters. The number of hydrogen-bond acceptors (Lipinski definition) is 2.